The molecule has 1 aromatic rings. The molecule has 3 fully saturated rings. The van der Waals surface area contributed by atoms with Crippen LogP contribution in [0.3, 0.4) is 0 Å². The molecule has 2 saturated heterocycles. The molecule has 8 heteroatoms. The number of halogens is 1. The molecule has 1 aromatic carbocycles. The van der Waals surface area contributed by atoms with Crippen molar-refractivity contribution in [2.45, 2.75) is 13.0 Å². The fourth-order valence-electron chi connectivity index (χ4n) is 3.98. The molecule has 1 N–H and O–H groups in total. The van der Waals surface area contributed by atoms with Crippen LogP contribution >= 0.6 is 0 Å². The number of piperidine rings is 1. The van der Waals surface area contributed by atoms with Crippen molar-refractivity contribution in [2.75, 3.05) is 36.0 Å². The fraction of sp³-hybridized carbons (Fsp3) is 0.500. The Kier molecular flexibility index (Phi) is 4.05. The van der Waals surface area contributed by atoms with E-state index in [-0.39, 0.29) is 30.6 Å². The number of rotatable bonds is 5. The molecule has 1 saturated carbocycles. The summed E-state index contributed by atoms with van der Waals surface area (Å²) in [6.07, 6.45) is -0.105. The second-order valence-corrected chi connectivity index (χ2v) is 7.14. The molecule has 4 atom stereocenters. The lowest BCUT2D eigenvalue weighted by molar-refractivity contribution is -0.119. The summed E-state index contributed by atoms with van der Waals surface area (Å²) in [6.45, 7) is 3.29. The van der Waals surface area contributed by atoms with E-state index < -0.39 is 18.0 Å². The summed E-state index contributed by atoms with van der Waals surface area (Å²) < 4.78 is 19.8. The Morgan fingerprint density at radius 1 is 1.35 bits per heavy atom. The summed E-state index contributed by atoms with van der Waals surface area (Å²) in [5.74, 6) is 0.231. The average molecular weight is 361 g/mol. The summed E-state index contributed by atoms with van der Waals surface area (Å²) in [5, 5.41) is 2.59. The predicted octanol–water partition coefficient (Wildman–Crippen LogP) is 1.17. The van der Waals surface area contributed by atoms with Gasteiger partial charge in [-0.1, -0.05) is 0 Å². The molecule has 7 nitrogen and oxygen atoms in total. The molecule has 0 spiro atoms. The zero-order chi connectivity index (χ0) is 18.4. The monoisotopic (exact) mass is 361 g/mol. The molecule has 2 amide bonds. The molecule has 0 aromatic heterocycles. The number of nitrogens with zero attached hydrogens (tertiary/aromatic N) is 2. The Morgan fingerprint density at radius 3 is 2.69 bits per heavy atom. The van der Waals surface area contributed by atoms with E-state index in [2.05, 4.69) is 10.2 Å². The van der Waals surface area contributed by atoms with Gasteiger partial charge >= 0.3 is 6.09 Å². The van der Waals surface area contributed by atoms with Crippen LogP contribution in [-0.4, -0.2) is 50.6 Å². The first kappa shape index (κ1) is 16.8. The first-order chi connectivity index (χ1) is 12.5. The number of cyclic esters (lactones) is 1. The fourth-order valence-corrected chi connectivity index (χ4v) is 3.98. The van der Waals surface area contributed by atoms with Gasteiger partial charge in [-0.05, 0) is 30.0 Å². The van der Waals surface area contributed by atoms with Gasteiger partial charge in [0.15, 0.2) is 0 Å². The van der Waals surface area contributed by atoms with Gasteiger partial charge in [0.1, 0.15) is 18.2 Å². The lowest BCUT2D eigenvalue weighted by atomic mass is 10.2. The lowest BCUT2D eigenvalue weighted by Crippen LogP contribution is -2.33. The third-order valence-electron chi connectivity index (χ3n) is 5.46. The minimum absolute atomic E-state index is 0.162. The first-order valence-electron chi connectivity index (χ1n) is 8.70. The Morgan fingerprint density at radius 2 is 2.08 bits per heavy atom. The van der Waals surface area contributed by atoms with Crippen molar-refractivity contribution in [3.05, 3.63) is 24.0 Å². The van der Waals surface area contributed by atoms with Crippen LogP contribution in [0.1, 0.15) is 6.92 Å². The Hall–Kier alpha value is -2.64. The number of aldehydes is 1. The number of carbonyl (C=O) groups is 3. The Bertz CT molecular complexity index is 759. The van der Waals surface area contributed by atoms with Crippen LogP contribution in [0.5, 0.6) is 0 Å². The SMILES string of the molecule is CC(=O)NC[C@H]1CN(c2ccc(N3C[C@@H]4C(C=O)[C@@H]4C3)cc2F)C(=O)O1. The average Bonchev–Trinajstić information content (AvgIpc) is 2.93. The first-order valence-corrected chi connectivity index (χ1v) is 8.70. The zero-order valence-electron chi connectivity index (χ0n) is 14.4. The zero-order valence-corrected chi connectivity index (χ0v) is 14.4. The molecule has 3 aliphatic rings. The quantitative estimate of drug-likeness (QED) is 0.797. The van der Waals surface area contributed by atoms with Crippen molar-refractivity contribution in [2.24, 2.45) is 17.8 Å². The number of fused-ring (bicyclic) bond motifs is 1. The molecule has 0 radical (unpaired) electrons. The van der Waals surface area contributed by atoms with Crippen LogP contribution in [0.2, 0.25) is 0 Å². The van der Waals surface area contributed by atoms with E-state index in [4.69, 9.17) is 4.74 Å². The highest BCUT2D eigenvalue weighted by Crippen LogP contribution is 2.51. The van der Waals surface area contributed by atoms with E-state index in [0.29, 0.717) is 11.8 Å². The Balaban J connectivity index is 1.43. The van der Waals surface area contributed by atoms with Crippen LogP contribution in [0, 0.1) is 23.6 Å². The highest BCUT2D eigenvalue weighted by molar-refractivity contribution is 5.90. The summed E-state index contributed by atoms with van der Waals surface area (Å²) >= 11 is 0. The lowest BCUT2D eigenvalue weighted by Gasteiger charge is -2.22. The van der Waals surface area contributed by atoms with Crippen LogP contribution < -0.4 is 15.1 Å². The van der Waals surface area contributed by atoms with E-state index in [0.717, 1.165) is 25.1 Å². The molecule has 4 rings (SSSR count). The van der Waals surface area contributed by atoms with Crippen LogP contribution in [0.25, 0.3) is 0 Å². The molecular formula is C18H20FN3O4. The van der Waals surface area contributed by atoms with Crippen molar-refractivity contribution < 1.29 is 23.5 Å². The van der Waals surface area contributed by atoms with E-state index in [9.17, 15) is 18.8 Å². The van der Waals surface area contributed by atoms with Gasteiger partial charge in [0, 0.05) is 31.6 Å². The topological polar surface area (TPSA) is 79.0 Å². The van der Waals surface area contributed by atoms with Gasteiger partial charge in [-0.3, -0.25) is 9.69 Å². The van der Waals surface area contributed by atoms with Gasteiger partial charge in [0.25, 0.3) is 0 Å². The van der Waals surface area contributed by atoms with Gasteiger partial charge in [0.2, 0.25) is 5.91 Å². The van der Waals surface area contributed by atoms with Gasteiger partial charge in [-0.15, -0.1) is 0 Å². The smallest absolute Gasteiger partial charge is 0.414 e. The van der Waals surface area contributed by atoms with Crippen LogP contribution in [-0.2, 0) is 14.3 Å². The molecule has 0 bridgehead atoms. The van der Waals surface area contributed by atoms with Crippen molar-refractivity contribution in [3.8, 4) is 0 Å². The third-order valence-corrected chi connectivity index (χ3v) is 5.46. The largest absolute Gasteiger partial charge is 0.442 e. The second-order valence-electron chi connectivity index (χ2n) is 7.14. The predicted molar refractivity (Wildman–Crippen MR) is 91.4 cm³/mol. The maximum atomic E-state index is 14.6. The van der Waals surface area contributed by atoms with Gasteiger partial charge < -0.3 is 19.7 Å². The minimum Gasteiger partial charge on any atom is -0.442 e. The molecule has 2 aliphatic heterocycles. The van der Waals surface area contributed by atoms with Crippen molar-refractivity contribution in [1.29, 1.82) is 0 Å². The van der Waals surface area contributed by atoms with Crippen LogP contribution in [0.4, 0.5) is 20.6 Å². The van der Waals surface area contributed by atoms with Gasteiger partial charge in [-0.25, -0.2) is 9.18 Å². The third kappa shape index (κ3) is 2.89. The number of hydrogen-bond donors (Lipinski definition) is 1. The maximum absolute atomic E-state index is 14.6. The van der Waals surface area contributed by atoms with Crippen molar-refractivity contribution >= 4 is 29.7 Å². The highest BCUT2D eigenvalue weighted by atomic mass is 19.1. The Labute approximate surface area is 150 Å². The number of amides is 2. The molecule has 1 unspecified atom stereocenters. The van der Waals surface area contributed by atoms with Gasteiger partial charge in [0.05, 0.1) is 18.8 Å². The van der Waals surface area contributed by atoms with E-state index in [1.807, 2.05) is 0 Å². The molecule has 2 heterocycles. The van der Waals surface area contributed by atoms with Crippen molar-refractivity contribution in [3.63, 3.8) is 0 Å². The summed E-state index contributed by atoms with van der Waals surface area (Å²) in [5.41, 5.74) is 0.921. The highest BCUT2D eigenvalue weighted by Gasteiger charge is 2.55. The minimum atomic E-state index is -0.622. The number of benzene rings is 1. The standard InChI is InChI=1S/C18H20FN3O4/c1-10(24)20-5-12-6-22(18(25)26-12)17-3-2-11(4-16(17)19)21-7-13-14(8-21)15(13)9-23/h2-4,9,12-15H,5-8H2,1H3,(H,20,24)/t12-,13-,14+,15?/m0/s1. The van der Waals surface area contributed by atoms with Crippen molar-refractivity contribution in [1.82, 2.24) is 5.32 Å². The second kappa shape index (κ2) is 6.26. The number of nitrogens with one attached hydrogen (secondary N) is 1. The van der Waals surface area contributed by atoms with E-state index in [1.165, 1.54) is 17.9 Å². The summed E-state index contributed by atoms with van der Waals surface area (Å²) in [6, 6.07) is 4.78. The van der Waals surface area contributed by atoms with Crippen LogP contribution in [0.15, 0.2) is 18.2 Å². The molecule has 1 aliphatic carbocycles. The molecule has 26 heavy (non-hydrogen) atoms. The maximum Gasteiger partial charge on any atom is 0.414 e. The molecule has 138 valence electrons. The molecular weight excluding hydrogens is 341 g/mol. The summed E-state index contributed by atoms with van der Waals surface area (Å²) in [4.78, 5) is 37.2. The number of ether oxygens (including phenoxy) is 1. The normalized spacial score (nSPS) is 29.4. The number of carbonyl (C=O) groups excluding carboxylic acids is 3. The van der Waals surface area contributed by atoms with E-state index >= 15 is 0 Å². The summed E-state index contributed by atoms with van der Waals surface area (Å²) in [7, 11) is 0. The van der Waals surface area contributed by atoms with E-state index in [1.54, 1.807) is 12.1 Å². The number of hydrogen-bond acceptors (Lipinski definition) is 5. The number of anilines is 2. The van der Waals surface area contributed by atoms with Gasteiger partial charge in [-0.2, -0.15) is 0 Å².